The van der Waals surface area contributed by atoms with Gasteiger partial charge in [-0.05, 0) is 49.4 Å². The molecule has 0 bridgehead atoms. The van der Waals surface area contributed by atoms with E-state index >= 15 is 0 Å². The highest BCUT2D eigenvalue weighted by molar-refractivity contribution is 7.99. The zero-order chi connectivity index (χ0) is 24.9. The van der Waals surface area contributed by atoms with E-state index in [2.05, 4.69) is 55.7 Å². The third-order valence-corrected chi connectivity index (χ3v) is 6.91. The van der Waals surface area contributed by atoms with Crippen LogP contribution in [-0.2, 0) is 4.79 Å². The largest absolute Gasteiger partial charge is 0.492 e. The molecule has 1 amide bonds. The van der Waals surface area contributed by atoms with Crippen molar-refractivity contribution in [2.45, 2.75) is 58.2 Å². The molecule has 0 spiro atoms. The van der Waals surface area contributed by atoms with Crippen LogP contribution in [0.1, 0.15) is 64.1 Å². The molecule has 1 aliphatic rings. The lowest BCUT2D eigenvalue weighted by atomic mass is 9.92. The number of benzene rings is 2. The number of allylic oxidation sites excluding steroid dienone is 1. The van der Waals surface area contributed by atoms with Crippen LogP contribution in [0.15, 0.2) is 65.0 Å². The monoisotopic (exact) mass is 491 g/mol. The Balaban J connectivity index is 1.75. The Bertz CT molecular complexity index is 1220. The van der Waals surface area contributed by atoms with Gasteiger partial charge in [0.1, 0.15) is 11.8 Å². The second-order valence-electron chi connectivity index (χ2n) is 8.78. The highest BCUT2D eigenvalue weighted by Crippen LogP contribution is 2.37. The maximum atomic E-state index is 13.8. The van der Waals surface area contributed by atoms with Gasteiger partial charge in [0.25, 0.3) is 5.91 Å². The number of rotatable bonds is 9. The van der Waals surface area contributed by atoms with Gasteiger partial charge in [-0.3, -0.25) is 4.79 Å². The summed E-state index contributed by atoms with van der Waals surface area (Å²) in [6, 6.07) is 15.5. The van der Waals surface area contributed by atoms with Gasteiger partial charge in [0.2, 0.25) is 11.1 Å². The van der Waals surface area contributed by atoms with Crippen LogP contribution in [0.5, 0.6) is 5.75 Å². The number of hydrogen-bond acceptors (Lipinski definition) is 6. The lowest BCUT2D eigenvalue weighted by molar-refractivity contribution is -0.113. The van der Waals surface area contributed by atoms with Crippen LogP contribution in [0.3, 0.4) is 0 Å². The summed E-state index contributed by atoms with van der Waals surface area (Å²) in [5, 5.41) is 11.9. The molecule has 0 saturated carbocycles. The molecule has 0 saturated heterocycles. The highest BCUT2D eigenvalue weighted by Gasteiger charge is 2.34. The fourth-order valence-electron chi connectivity index (χ4n) is 4.09. The summed E-state index contributed by atoms with van der Waals surface area (Å²) in [5.74, 6) is 2.44. The molecule has 0 fully saturated rings. The van der Waals surface area contributed by atoms with Gasteiger partial charge in [-0.1, -0.05) is 68.9 Å². The number of nitrogens with zero attached hydrogens (tertiary/aromatic N) is 3. The Hall–Kier alpha value is -3.26. The van der Waals surface area contributed by atoms with Crippen LogP contribution in [0, 0.1) is 0 Å². The molecule has 0 aliphatic carbocycles. The highest BCUT2D eigenvalue weighted by atomic mass is 32.2. The van der Waals surface area contributed by atoms with E-state index in [4.69, 9.17) is 14.8 Å². The molecule has 8 heteroatoms. The van der Waals surface area contributed by atoms with E-state index < -0.39 is 6.04 Å². The molecule has 4 rings (SSSR count). The predicted molar refractivity (Wildman–Crippen MR) is 142 cm³/mol. The van der Waals surface area contributed by atoms with Crippen LogP contribution in [0.25, 0.3) is 0 Å². The Morgan fingerprint density at radius 1 is 1.17 bits per heavy atom. The first-order valence-electron chi connectivity index (χ1n) is 12.1. The number of hydrogen-bond donors (Lipinski definition) is 2. The fourth-order valence-corrected chi connectivity index (χ4v) is 4.78. The van der Waals surface area contributed by atoms with Gasteiger partial charge in [0.05, 0.1) is 17.9 Å². The Morgan fingerprint density at radius 2 is 1.91 bits per heavy atom. The van der Waals surface area contributed by atoms with E-state index in [1.165, 1.54) is 5.56 Å². The summed E-state index contributed by atoms with van der Waals surface area (Å²) >= 11 is 1.62. The minimum atomic E-state index is -0.407. The van der Waals surface area contributed by atoms with Crippen molar-refractivity contribution in [3.63, 3.8) is 0 Å². The molecule has 1 aliphatic heterocycles. The fraction of sp³-hybridized carbons (Fsp3) is 0.370. The van der Waals surface area contributed by atoms with E-state index in [-0.39, 0.29) is 5.91 Å². The molecule has 184 valence electrons. The van der Waals surface area contributed by atoms with E-state index in [9.17, 15) is 4.79 Å². The molecule has 1 atom stereocenters. The topological polar surface area (TPSA) is 81.1 Å². The Labute approximate surface area is 211 Å². The number of carbonyl (C=O) groups is 1. The first-order valence-corrected chi connectivity index (χ1v) is 13.1. The molecule has 2 N–H and O–H groups in total. The van der Waals surface area contributed by atoms with E-state index in [0.717, 1.165) is 23.4 Å². The van der Waals surface area contributed by atoms with Crippen molar-refractivity contribution in [2.75, 3.05) is 23.0 Å². The second-order valence-corrected chi connectivity index (χ2v) is 9.84. The van der Waals surface area contributed by atoms with Gasteiger partial charge in [-0.25, -0.2) is 4.68 Å². The lowest BCUT2D eigenvalue weighted by Crippen LogP contribution is -2.31. The number of carbonyl (C=O) groups excluding carboxylic acids is 1. The summed E-state index contributed by atoms with van der Waals surface area (Å²) in [5.41, 5.74) is 4.21. The predicted octanol–water partition coefficient (Wildman–Crippen LogP) is 6.23. The van der Waals surface area contributed by atoms with E-state index in [1.54, 1.807) is 11.8 Å². The SMILES string of the molecule is CCCSc1nc2n(n1)C(c1ccc(C(C)C)cc1)C(C(=O)Nc1ccccc1OCC)=C(C)N2. The first kappa shape index (κ1) is 24.9. The minimum Gasteiger partial charge on any atom is -0.492 e. The number of thioether (sulfide) groups is 1. The maximum Gasteiger partial charge on any atom is 0.255 e. The van der Waals surface area contributed by atoms with E-state index in [0.29, 0.717) is 40.6 Å². The lowest BCUT2D eigenvalue weighted by Gasteiger charge is -2.29. The maximum absolute atomic E-state index is 13.8. The smallest absolute Gasteiger partial charge is 0.255 e. The minimum absolute atomic E-state index is 0.205. The summed E-state index contributed by atoms with van der Waals surface area (Å²) in [6.07, 6.45) is 1.03. The van der Waals surface area contributed by atoms with Crippen molar-refractivity contribution in [3.8, 4) is 5.75 Å². The van der Waals surface area contributed by atoms with Crippen LogP contribution < -0.4 is 15.4 Å². The van der Waals surface area contributed by atoms with Crippen molar-refractivity contribution >= 4 is 29.3 Å². The van der Waals surface area contributed by atoms with Gasteiger partial charge >= 0.3 is 0 Å². The number of anilines is 2. The van der Waals surface area contributed by atoms with Gasteiger partial charge in [-0.15, -0.1) is 5.10 Å². The Kier molecular flexibility index (Phi) is 7.80. The Morgan fingerprint density at radius 3 is 2.60 bits per heavy atom. The molecular formula is C27H33N5O2S. The number of para-hydroxylation sites is 2. The normalized spacial score (nSPS) is 15.1. The zero-order valence-electron chi connectivity index (χ0n) is 21.0. The van der Waals surface area contributed by atoms with Crippen molar-refractivity contribution in [3.05, 3.63) is 70.9 Å². The third-order valence-electron chi connectivity index (χ3n) is 5.87. The van der Waals surface area contributed by atoms with Gasteiger partial charge in [-0.2, -0.15) is 4.98 Å². The average Bonchev–Trinajstić information content (AvgIpc) is 3.25. The molecule has 1 aromatic heterocycles. The van der Waals surface area contributed by atoms with Crippen molar-refractivity contribution in [1.82, 2.24) is 14.8 Å². The third kappa shape index (κ3) is 5.37. The molecular weight excluding hydrogens is 458 g/mol. The first-order chi connectivity index (χ1) is 16.9. The van der Waals surface area contributed by atoms with Crippen molar-refractivity contribution < 1.29 is 9.53 Å². The van der Waals surface area contributed by atoms with E-state index in [1.807, 2.05) is 42.8 Å². The number of fused-ring (bicyclic) bond motifs is 1. The average molecular weight is 492 g/mol. The second kappa shape index (κ2) is 11.0. The molecule has 2 aromatic carbocycles. The molecule has 35 heavy (non-hydrogen) atoms. The van der Waals surface area contributed by atoms with Gasteiger partial charge < -0.3 is 15.4 Å². The summed E-state index contributed by atoms with van der Waals surface area (Å²) < 4.78 is 7.55. The number of ether oxygens (including phenoxy) is 1. The van der Waals surface area contributed by atoms with Crippen LogP contribution >= 0.6 is 11.8 Å². The quantitative estimate of drug-likeness (QED) is 0.345. The van der Waals surface area contributed by atoms with Crippen LogP contribution in [0.2, 0.25) is 0 Å². The summed E-state index contributed by atoms with van der Waals surface area (Å²) in [7, 11) is 0. The summed E-state index contributed by atoms with van der Waals surface area (Å²) in [6.45, 7) is 10.8. The number of aromatic nitrogens is 3. The molecule has 3 aromatic rings. The zero-order valence-corrected chi connectivity index (χ0v) is 21.8. The van der Waals surface area contributed by atoms with Crippen molar-refractivity contribution in [2.24, 2.45) is 0 Å². The summed E-state index contributed by atoms with van der Waals surface area (Å²) in [4.78, 5) is 18.4. The molecule has 0 radical (unpaired) electrons. The van der Waals surface area contributed by atoms with Crippen LogP contribution in [0.4, 0.5) is 11.6 Å². The van der Waals surface area contributed by atoms with Gasteiger partial charge in [0, 0.05) is 11.4 Å². The standard InChI is InChI=1S/C27H33N5O2S/c1-6-16-35-27-30-26-28-18(5)23(25(33)29-21-10-8-9-11-22(21)34-7-2)24(32(26)31-27)20-14-12-19(13-15-20)17(3)4/h8-15,17,24H,6-7,16H2,1-5H3,(H,29,33)(H,28,30,31). The van der Waals surface area contributed by atoms with Gasteiger partial charge in [0.15, 0.2) is 0 Å². The number of nitrogens with one attached hydrogen (secondary N) is 2. The molecule has 7 nitrogen and oxygen atoms in total. The van der Waals surface area contributed by atoms with Crippen molar-refractivity contribution in [1.29, 1.82) is 0 Å². The number of amides is 1. The molecule has 2 heterocycles. The molecule has 1 unspecified atom stereocenters. The van der Waals surface area contributed by atoms with Crippen LogP contribution in [-0.4, -0.2) is 33.0 Å².